The van der Waals surface area contributed by atoms with Gasteiger partial charge in [-0.05, 0) is 36.8 Å². The van der Waals surface area contributed by atoms with Crippen molar-refractivity contribution in [3.8, 4) is 0 Å². The first-order chi connectivity index (χ1) is 10.8. The van der Waals surface area contributed by atoms with Crippen LogP contribution in [0.5, 0.6) is 0 Å². The average Bonchev–Trinajstić information content (AvgIpc) is 2.77. The van der Waals surface area contributed by atoms with Crippen LogP contribution in [0.15, 0.2) is 16.4 Å². The van der Waals surface area contributed by atoms with Crippen molar-refractivity contribution in [2.75, 3.05) is 20.2 Å². The summed E-state index contributed by atoms with van der Waals surface area (Å²) in [4.78, 5) is 5.62. The van der Waals surface area contributed by atoms with Crippen LogP contribution in [0, 0.1) is 6.92 Å². The minimum Gasteiger partial charge on any atom is -0.376 e. The highest BCUT2D eigenvalue weighted by Crippen LogP contribution is 2.19. The zero-order valence-electron chi connectivity index (χ0n) is 14.3. The van der Waals surface area contributed by atoms with Crippen LogP contribution in [0.25, 0.3) is 0 Å². The maximum absolute atomic E-state index is 5.98. The number of aliphatic imine (C=N–C) groups is 1. The van der Waals surface area contributed by atoms with Gasteiger partial charge in [0.2, 0.25) is 0 Å². The number of aryl methyl sites for hydroxylation is 1. The van der Waals surface area contributed by atoms with Gasteiger partial charge in [-0.15, -0.1) is 35.3 Å². The van der Waals surface area contributed by atoms with Crippen LogP contribution in [0.3, 0.4) is 0 Å². The predicted molar refractivity (Wildman–Crippen MR) is 110 cm³/mol. The molecule has 23 heavy (non-hydrogen) atoms. The van der Waals surface area contributed by atoms with Gasteiger partial charge in [-0.1, -0.05) is 25.7 Å². The highest BCUT2D eigenvalue weighted by molar-refractivity contribution is 14.0. The Morgan fingerprint density at radius 1 is 1.26 bits per heavy atom. The number of nitrogens with zero attached hydrogens (tertiary/aromatic N) is 1. The summed E-state index contributed by atoms with van der Waals surface area (Å²) in [6.45, 7) is 4.53. The van der Waals surface area contributed by atoms with E-state index in [0.29, 0.717) is 6.10 Å². The third-order valence-electron chi connectivity index (χ3n) is 4.16. The summed E-state index contributed by atoms with van der Waals surface area (Å²) >= 11 is 1.78. The SMILES string of the molecule is CN=C(NCCOC1CCCCCC1)NCc1sccc1C.I. The number of hydrogen-bond acceptors (Lipinski definition) is 3. The predicted octanol–water partition coefficient (Wildman–Crippen LogP) is 4.08. The summed E-state index contributed by atoms with van der Waals surface area (Å²) in [7, 11) is 1.81. The second-order valence-corrected chi connectivity index (χ2v) is 6.86. The molecule has 1 fully saturated rings. The molecule has 1 aromatic rings. The van der Waals surface area contributed by atoms with E-state index in [1.165, 1.54) is 49.0 Å². The quantitative estimate of drug-likeness (QED) is 0.225. The van der Waals surface area contributed by atoms with E-state index in [-0.39, 0.29) is 24.0 Å². The Kier molecular flexibility index (Phi) is 10.9. The maximum Gasteiger partial charge on any atom is 0.191 e. The Balaban J connectivity index is 0.00000264. The zero-order valence-corrected chi connectivity index (χ0v) is 17.4. The Labute approximate surface area is 161 Å². The van der Waals surface area contributed by atoms with Crippen molar-refractivity contribution < 1.29 is 4.74 Å². The minimum absolute atomic E-state index is 0. The molecule has 1 aliphatic rings. The average molecular weight is 451 g/mol. The number of guanidine groups is 1. The molecule has 1 saturated carbocycles. The topological polar surface area (TPSA) is 45.7 Å². The van der Waals surface area contributed by atoms with Crippen molar-refractivity contribution in [2.24, 2.45) is 4.99 Å². The Morgan fingerprint density at radius 3 is 2.61 bits per heavy atom. The van der Waals surface area contributed by atoms with E-state index < -0.39 is 0 Å². The third-order valence-corrected chi connectivity index (χ3v) is 5.18. The smallest absolute Gasteiger partial charge is 0.191 e. The van der Waals surface area contributed by atoms with Crippen LogP contribution in [0.2, 0.25) is 0 Å². The Bertz CT molecular complexity index is 456. The first kappa shape index (κ1) is 20.7. The number of thiophene rings is 1. The van der Waals surface area contributed by atoms with Gasteiger partial charge >= 0.3 is 0 Å². The summed E-state index contributed by atoms with van der Waals surface area (Å²) in [5, 5.41) is 8.81. The fraction of sp³-hybridized carbons (Fsp3) is 0.706. The van der Waals surface area contributed by atoms with Gasteiger partial charge in [0.25, 0.3) is 0 Å². The fourth-order valence-corrected chi connectivity index (χ4v) is 3.62. The molecule has 2 rings (SSSR count). The lowest BCUT2D eigenvalue weighted by molar-refractivity contribution is 0.0468. The summed E-state index contributed by atoms with van der Waals surface area (Å²) in [6.07, 6.45) is 8.30. The molecule has 4 nitrogen and oxygen atoms in total. The molecule has 0 radical (unpaired) electrons. The molecule has 0 spiro atoms. The van der Waals surface area contributed by atoms with Crippen molar-refractivity contribution in [1.29, 1.82) is 0 Å². The highest BCUT2D eigenvalue weighted by atomic mass is 127. The number of halogens is 1. The van der Waals surface area contributed by atoms with Gasteiger partial charge in [0, 0.05) is 18.5 Å². The molecule has 0 atom stereocenters. The van der Waals surface area contributed by atoms with E-state index in [2.05, 4.69) is 34.0 Å². The second kappa shape index (κ2) is 12.1. The molecule has 0 unspecified atom stereocenters. The van der Waals surface area contributed by atoms with Gasteiger partial charge < -0.3 is 15.4 Å². The molecule has 1 heterocycles. The normalized spacial score (nSPS) is 16.5. The van der Waals surface area contributed by atoms with Crippen LogP contribution >= 0.6 is 35.3 Å². The van der Waals surface area contributed by atoms with Gasteiger partial charge in [0.1, 0.15) is 0 Å². The first-order valence-corrected chi connectivity index (χ1v) is 9.26. The lowest BCUT2D eigenvalue weighted by Crippen LogP contribution is -2.38. The molecule has 0 aliphatic heterocycles. The van der Waals surface area contributed by atoms with Crippen LogP contribution in [-0.2, 0) is 11.3 Å². The van der Waals surface area contributed by atoms with Gasteiger partial charge in [-0.3, -0.25) is 4.99 Å². The van der Waals surface area contributed by atoms with E-state index >= 15 is 0 Å². The van der Waals surface area contributed by atoms with Crippen molar-refractivity contribution in [2.45, 2.75) is 58.1 Å². The van der Waals surface area contributed by atoms with Crippen molar-refractivity contribution in [3.05, 3.63) is 21.9 Å². The molecule has 6 heteroatoms. The third kappa shape index (κ3) is 7.85. The Hall–Kier alpha value is -0.340. The molecule has 1 aliphatic carbocycles. The van der Waals surface area contributed by atoms with Gasteiger partial charge in [-0.2, -0.15) is 0 Å². The van der Waals surface area contributed by atoms with Crippen LogP contribution in [0.4, 0.5) is 0 Å². The summed E-state index contributed by atoms with van der Waals surface area (Å²) in [5.41, 5.74) is 1.34. The number of ether oxygens (including phenoxy) is 1. The molecular weight excluding hydrogens is 421 g/mol. The number of nitrogens with one attached hydrogen (secondary N) is 2. The second-order valence-electron chi connectivity index (χ2n) is 5.86. The fourth-order valence-electron chi connectivity index (χ4n) is 2.77. The lowest BCUT2D eigenvalue weighted by atomic mass is 10.1. The van der Waals surface area contributed by atoms with E-state index in [0.717, 1.165) is 25.7 Å². The maximum atomic E-state index is 5.98. The summed E-state index contributed by atoms with van der Waals surface area (Å²) in [6, 6.07) is 2.15. The molecule has 2 N–H and O–H groups in total. The van der Waals surface area contributed by atoms with E-state index in [9.17, 15) is 0 Å². The van der Waals surface area contributed by atoms with Crippen molar-refractivity contribution in [1.82, 2.24) is 10.6 Å². The monoisotopic (exact) mass is 451 g/mol. The van der Waals surface area contributed by atoms with Crippen LogP contribution in [0.1, 0.15) is 49.0 Å². The highest BCUT2D eigenvalue weighted by Gasteiger charge is 2.12. The summed E-state index contributed by atoms with van der Waals surface area (Å²) < 4.78 is 5.98. The van der Waals surface area contributed by atoms with Crippen LogP contribution in [-0.4, -0.2) is 32.3 Å². The number of hydrogen-bond donors (Lipinski definition) is 2. The van der Waals surface area contributed by atoms with Crippen molar-refractivity contribution in [3.63, 3.8) is 0 Å². The van der Waals surface area contributed by atoms with E-state index in [1.54, 1.807) is 11.3 Å². The van der Waals surface area contributed by atoms with E-state index in [1.807, 2.05) is 7.05 Å². The van der Waals surface area contributed by atoms with Gasteiger partial charge in [0.05, 0.1) is 19.3 Å². The minimum atomic E-state index is 0. The molecule has 0 amide bonds. The van der Waals surface area contributed by atoms with Crippen LogP contribution < -0.4 is 10.6 Å². The van der Waals surface area contributed by atoms with Crippen molar-refractivity contribution >= 4 is 41.3 Å². The van der Waals surface area contributed by atoms with Gasteiger partial charge in [-0.25, -0.2) is 0 Å². The summed E-state index contributed by atoms with van der Waals surface area (Å²) in [5.74, 6) is 0.845. The van der Waals surface area contributed by atoms with Gasteiger partial charge in [0.15, 0.2) is 5.96 Å². The molecular formula is C17H30IN3OS. The first-order valence-electron chi connectivity index (χ1n) is 8.38. The number of rotatable bonds is 6. The largest absolute Gasteiger partial charge is 0.376 e. The standard InChI is InChI=1S/C17H29N3OS.HI/c1-14-9-12-22-16(14)13-20-17(18-2)19-10-11-21-15-7-5-3-4-6-8-15;/h9,12,15H,3-8,10-11,13H2,1-2H3,(H2,18,19,20);1H. The molecule has 0 bridgehead atoms. The molecule has 1 aromatic heterocycles. The molecule has 0 saturated heterocycles. The molecule has 132 valence electrons. The van der Waals surface area contributed by atoms with E-state index in [4.69, 9.17) is 4.74 Å². The zero-order chi connectivity index (χ0) is 15.6. The lowest BCUT2D eigenvalue weighted by Gasteiger charge is -2.16. The molecule has 0 aromatic carbocycles. The Morgan fingerprint density at radius 2 is 2.00 bits per heavy atom.